The van der Waals surface area contributed by atoms with Crippen LogP contribution in [0.15, 0.2) is 23.1 Å². The minimum Gasteiger partial charge on any atom is -0.353 e. The van der Waals surface area contributed by atoms with E-state index in [0.29, 0.717) is 0 Å². The molecule has 0 aromatic heterocycles. The van der Waals surface area contributed by atoms with Crippen LogP contribution < -0.4 is 15.4 Å². The minimum atomic E-state index is -4.05. The molecule has 9 heteroatoms. The zero-order valence-corrected chi connectivity index (χ0v) is 20.9. The molecule has 2 aliphatic carbocycles. The molecule has 2 fully saturated rings. The molecular formula is C24H36ClN3O4S. The number of nitrogens with one attached hydrogen (secondary N) is 3. The van der Waals surface area contributed by atoms with E-state index in [2.05, 4.69) is 15.4 Å². The van der Waals surface area contributed by atoms with E-state index in [1.165, 1.54) is 18.6 Å². The first-order chi connectivity index (χ1) is 15.7. The second-order valence-electron chi connectivity index (χ2n) is 9.39. The van der Waals surface area contributed by atoms with E-state index in [4.69, 9.17) is 11.6 Å². The number of carbonyl (C=O) groups is 2. The van der Waals surface area contributed by atoms with Crippen molar-refractivity contribution in [1.29, 1.82) is 0 Å². The number of hydrogen-bond acceptors (Lipinski definition) is 4. The molecule has 0 unspecified atom stereocenters. The van der Waals surface area contributed by atoms with Gasteiger partial charge >= 0.3 is 0 Å². The smallest absolute Gasteiger partial charge is 0.242 e. The second kappa shape index (κ2) is 12.2. The molecule has 3 N–H and O–H groups in total. The van der Waals surface area contributed by atoms with Crippen molar-refractivity contribution >= 4 is 33.4 Å². The van der Waals surface area contributed by atoms with Crippen molar-refractivity contribution in [3.05, 3.63) is 28.8 Å². The molecule has 7 nitrogen and oxygen atoms in total. The number of aryl methyl sites for hydroxylation is 1. The third-order valence-electron chi connectivity index (χ3n) is 6.57. The summed E-state index contributed by atoms with van der Waals surface area (Å²) in [5, 5.41) is 6.12. The summed E-state index contributed by atoms with van der Waals surface area (Å²) < 4.78 is 28.7. The SMILES string of the molecule is Cc1ccc(Cl)c(S(=O)(=O)N[C@@H](CCC(=O)NC2CCCCC2)C(=O)NC2CCCCC2)c1. The highest BCUT2D eigenvalue weighted by Crippen LogP contribution is 2.24. The van der Waals surface area contributed by atoms with Crippen LogP contribution in [0.5, 0.6) is 0 Å². The third-order valence-corrected chi connectivity index (χ3v) is 8.53. The first-order valence-corrected chi connectivity index (χ1v) is 14.0. The van der Waals surface area contributed by atoms with E-state index < -0.39 is 16.1 Å². The molecule has 0 saturated heterocycles. The predicted molar refractivity (Wildman–Crippen MR) is 130 cm³/mol. The second-order valence-corrected chi connectivity index (χ2v) is 11.5. The van der Waals surface area contributed by atoms with Gasteiger partial charge < -0.3 is 10.6 Å². The van der Waals surface area contributed by atoms with Crippen LogP contribution in [0.25, 0.3) is 0 Å². The highest BCUT2D eigenvalue weighted by atomic mass is 35.5. The van der Waals surface area contributed by atoms with E-state index in [9.17, 15) is 18.0 Å². The van der Waals surface area contributed by atoms with Gasteiger partial charge in [0.25, 0.3) is 0 Å². The van der Waals surface area contributed by atoms with Crippen LogP contribution in [0.3, 0.4) is 0 Å². The van der Waals surface area contributed by atoms with Gasteiger partial charge in [0.05, 0.1) is 5.02 Å². The van der Waals surface area contributed by atoms with Crippen LogP contribution in [-0.4, -0.2) is 38.4 Å². The normalized spacial score (nSPS) is 19.1. The Morgan fingerprint density at radius 1 is 0.970 bits per heavy atom. The van der Waals surface area contributed by atoms with Crippen LogP contribution in [0.1, 0.15) is 82.6 Å². The number of rotatable bonds is 9. The number of benzene rings is 1. The van der Waals surface area contributed by atoms with Gasteiger partial charge in [-0.05, 0) is 56.7 Å². The van der Waals surface area contributed by atoms with E-state index in [-0.39, 0.29) is 46.7 Å². The molecule has 3 rings (SSSR count). The molecule has 33 heavy (non-hydrogen) atoms. The van der Waals surface area contributed by atoms with Gasteiger partial charge in [-0.2, -0.15) is 4.72 Å². The molecule has 2 saturated carbocycles. The fourth-order valence-corrected chi connectivity index (χ4v) is 6.50. The van der Waals surface area contributed by atoms with E-state index >= 15 is 0 Å². The Morgan fingerprint density at radius 2 is 1.55 bits per heavy atom. The average Bonchev–Trinajstić information content (AvgIpc) is 2.79. The monoisotopic (exact) mass is 497 g/mol. The molecule has 1 atom stereocenters. The maximum absolute atomic E-state index is 13.1. The van der Waals surface area contributed by atoms with Gasteiger partial charge in [0.15, 0.2) is 0 Å². The van der Waals surface area contributed by atoms with Gasteiger partial charge in [-0.1, -0.05) is 56.2 Å². The van der Waals surface area contributed by atoms with Gasteiger partial charge in [0, 0.05) is 18.5 Å². The van der Waals surface area contributed by atoms with Crippen LogP contribution in [0, 0.1) is 6.92 Å². The Hall–Kier alpha value is -1.64. The molecule has 0 spiro atoms. The van der Waals surface area contributed by atoms with Crippen LogP contribution in [0.2, 0.25) is 5.02 Å². The van der Waals surface area contributed by atoms with Gasteiger partial charge in [0.1, 0.15) is 10.9 Å². The first kappa shape index (κ1) is 26.0. The van der Waals surface area contributed by atoms with Crippen molar-refractivity contribution in [3.63, 3.8) is 0 Å². The zero-order chi connectivity index (χ0) is 23.8. The Bertz CT molecular complexity index is 926. The number of sulfonamides is 1. The van der Waals surface area contributed by atoms with Crippen LogP contribution in [0.4, 0.5) is 0 Å². The minimum absolute atomic E-state index is 0.0388. The summed E-state index contributed by atoms with van der Waals surface area (Å²) in [6, 6.07) is 3.90. The summed E-state index contributed by atoms with van der Waals surface area (Å²) in [5.74, 6) is -0.537. The van der Waals surface area contributed by atoms with Gasteiger partial charge in [-0.3, -0.25) is 9.59 Å². The Morgan fingerprint density at radius 3 is 2.15 bits per heavy atom. The lowest BCUT2D eigenvalue weighted by atomic mass is 9.95. The highest BCUT2D eigenvalue weighted by Gasteiger charge is 2.30. The summed E-state index contributed by atoms with van der Waals surface area (Å²) in [7, 11) is -4.05. The van der Waals surface area contributed by atoms with Gasteiger partial charge in [0.2, 0.25) is 21.8 Å². The lowest BCUT2D eigenvalue weighted by Crippen LogP contribution is -2.50. The number of halogens is 1. The third kappa shape index (κ3) is 7.97. The van der Waals surface area contributed by atoms with E-state index in [1.807, 2.05) is 0 Å². The molecule has 1 aromatic carbocycles. The number of hydrogen-bond donors (Lipinski definition) is 3. The quantitative estimate of drug-likeness (QED) is 0.480. The molecule has 0 radical (unpaired) electrons. The summed E-state index contributed by atoms with van der Waals surface area (Å²) in [4.78, 5) is 25.5. The fraction of sp³-hybridized carbons (Fsp3) is 0.667. The molecular weight excluding hydrogens is 462 g/mol. The Labute approximate surface area is 202 Å². The molecule has 0 bridgehead atoms. The molecule has 1 aromatic rings. The molecule has 0 heterocycles. The van der Waals surface area contributed by atoms with Crippen LogP contribution in [-0.2, 0) is 19.6 Å². The van der Waals surface area contributed by atoms with E-state index in [1.54, 1.807) is 13.0 Å². The predicted octanol–water partition coefficient (Wildman–Crippen LogP) is 3.97. The first-order valence-electron chi connectivity index (χ1n) is 12.1. The lowest BCUT2D eigenvalue weighted by Gasteiger charge is -2.26. The summed E-state index contributed by atoms with van der Waals surface area (Å²) in [5.41, 5.74) is 0.745. The van der Waals surface area contributed by atoms with Crippen molar-refractivity contribution in [3.8, 4) is 0 Å². The highest BCUT2D eigenvalue weighted by molar-refractivity contribution is 7.89. The van der Waals surface area contributed by atoms with Crippen molar-refractivity contribution in [1.82, 2.24) is 15.4 Å². The Balaban J connectivity index is 1.69. The number of amides is 2. The van der Waals surface area contributed by atoms with Crippen molar-refractivity contribution in [2.45, 2.75) is 107 Å². The maximum Gasteiger partial charge on any atom is 0.242 e. The summed E-state index contributed by atoms with van der Waals surface area (Å²) in [6.45, 7) is 1.78. The molecule has 2 aliphatic rings. The van der Waals surface area contributed by atoms with Crippen LogP contribution >= 0.6 is 11.6 Å². The topological polar surface area (TPSA) is 104 Å². The van der Waals surface area contributed by atoms with Crippen molar-refractivity contribution in [2.24, 2.45) is 0 Å². The molecule has 2 amide bonds. The van der Waals surface area contributed by atoms with Gasteiger partial charge in [-0.15, -0.1) is 0 Å². The lowest BCUT2D eigenvalue weighted by molar-refractivity contribution is -0.124. The average molecular weight is 498 g/mol. The summed E-state index contributed by atoms with van der Waals surface area (Å²) >= 11 is 6.15. The van der Waals surface area contributed by atoms with Crippen molar-refractivity contribution in [2.75, 3.05) is 0 Å². The van der Waals surface area contributed by atoms with E-state index in [0.717, 1.165) is 63.4 Å². The summed E-state index contributed by atoms with van der Waals surface area (Å²) in [6.07, 6.45) is 10.5. The number of carbonyl (C=O) groups excluding carboxylic acids is 2. The molecule has 184 valence electrons. The maximum atomic E-state index is 13.1. The van der Waals surface area contributed by atoms with Crippen molar-refractivity contribution < 1.29 is 18.0 Å². The standard InChI is InChI=1S/C24H36ClN3O4S/c1-17-12-13-20(25)22(16-17)33(31,32)28-21(24(30)27-19-10-6-3-7-11-19)14-15-23(29)26-18-8-4-2-5-9-18/h12-13,16,18-19,21,28H,2-11,14-15H2,1H3,(H,26,29)(H,27,30)/t21-/m0/s1. The largest absolute Gasteiger partial charge is 0.353 e. The molecule has 0 aliphatic heterocycles. The van der Waals surface area contributed by atoms with Gasteiger partial charge in [-0.25, -0.2) is 8.42 Å². The zero-order valence-electron chi connectivity index (χ0n) is 19.4. The Kier molecular flexibility index (Phi) is 9.58. The fourth-order valence-electron chi connectivity index (χ4n) is 4.68.